The van der Waals surface area contributed by atoms with Crippen molar-refractivity contribution in [2.45, 2.75) is 19.3 Å². The molecule has 0 aliphatic heterocycles. The van der Waals surface area contributed by atoms with E-state index in [1.165, 1.54) is 0 Å². The molecule has 0 aromatic heterocycles. The average molecular weight is 400 g/mol. The van der Waals surface area contributed by atoms with Crippen LogP contribution in [0.25, 0.3) is 0 Å². The second-order valence-electron chi connectivity index (χ2n) is 6.28. The lowest BCUT2D eigenvalue weighted by atomic mass is 10.1. The van der Waals surface area contributed by atoms with Crippen LogP contribution in [-0.4, -0.2) is 18.8 Å². The van der Waals surface area contributed by atoms with E-state index >= 15 is 0 Å². The molecule has 0 aliphatic rings. The summed E-state index contributed by atoms with van der Waals surface area (Å²) >= 11 is 0. The average Bonchev–Trinajstić information content (AvgIpc) is 2.74. The summed E-state index contributed by atoms with van der Waals surface area (Å²) < 4.78 is 12.1. The van der Waals surface area contributed by atoms with Crippen LogP contribution in [0.1, 0.15) is 22.7 Å². The molecule has 0 aliphatic carbocycles. The topological polar surface area (TPSA) is 50.7 Å². The molecule has 3 rings (SSSR count). The Hall–Kier alpha value is -2.53. The fraction of sp³-hybridized carbons (Fsp3) is 0.217. The standard InChI is InChI=1S/C23H25NO3.ClH/c1-24-21(15-25)20-12-13-22(26-16-18-8-4-2-5-9-18)23(14-20)27-17-19-10-6-3-7-11-19;/h2-14,21,24-25H,15-17H2,1H3;1H/t21-;/m0./s1. The van der Waals surface area contributed by atoms with Crippen molar-refractivity contribution in [2.24, 2.45) is 0 Å². The molecule has 0 radical (unpaired) electrons. The molecule has 0 unspecified atom stereocenters. The SMILES string of the molecule is CN[C@@H](CO)c1ccc(OCc2ccccc2)c(OCc2ccccc2)c1.Cl. The number of benzene rings is 3. The van der Waals surface area contributed by atoms with Crippen molar-refractivity contribution in [1.82, 2.24) is 5.32 Å². The van der Waals surface area contributed by atoms with Gasteiger partial charge in [0.05, 0.1) is 12.6 Å². The number of rotatable bonds is 9. The number of hydrogen-bond donors (Lipinski definition) is 2. The van der Waals surface area contributed by atoms with Crippen molar-refractivity contribution in [2.75, 3.05) is 13.7 Å². The van der Waals surface area contributed by atoms with Crippen LogP contribution in [0.15, 0.2) is 78.9 Å². The van der Waals surface area contributed by atoms with Crippen LogP contribution in [-0.2, 0) is 13.2 Å². The van der Waals surface area contributed by atoms with Crippen LogP contribution in [0.3, 0.4) is 0 Å². The number of likely N-dealkylation sites (N-methyl/N-ethyl adjacent to an activating group) is 1. The molecule has 2 N–H and O–H groups in total. The molecule has 0 saturated heterocycles. The highest BCUT2D eigenvalue weighted by atomic mass is 35.5. The van der Waals surface area contributed by atoms with Crippen molar-refractivity contribution in [1.29, 1.82) is 0 Å². The van der Waals surface area contributed by atoms with Gasteiger partial charge in [0.15, 0.2) is 11.5 Å². The lowest BCUT2D eigenvalue weighted by Crippen LogP contribution is -2.20. The van der Waals surface area contributed by atoms with E-state index in [1.807, 2.05) is 85.9 Å². The van der Waals surface area contributed by atoms with E-state index in [0.717, 1.165) is 16.7 Å². The molecule has 28 heavy (non-hydrogen) atoms. The Morgan fingerprint density at radius 3 is 1.82 bits per heavy atom. The predicted octanol–water partition coefficient (Wildman–Crippen LogP) is 4.52. The first-order valence-electron chi connectivity index (χ1n) is 9.05. The van der Waals surface area contributed by atoms with Gasteiger partial charge < -0.3 is 19.9 Å². The number of hydrogen-bond acceptors (Lipinski definition) is 4. The smallest absolute Gasteiger partial charge is 0.162 e. The summed E-state index contributed by atoms with van der Waals surface area (Å²) in [5, 5.41) is 12.7. The van der Waals surface area contributed by atoms with Gasteiger partial charge in [0.2, 0.25) is 0 Å². The Labute approximate surface area is 172 Å². The number of halogens is 1. The van der Waals surface area contributed by atoms with E-state index < -0.39 is 0 Å². The summed E-state index contributed by atoms with van der Waals surface area (Å²) in [5.74, 6) is 1.35. The minimum Gasteiger partial charge on any atom is -0.485 e. The van der Waals surface area contributed by atoms with Gasteiger partial charge in [-0.2, -0.15) is 0 Å². The Morgan fingerprint density at radius 1 is 0.786 bits per heavy atom. The van der Waals surface area contributed by atoms with Gasteiger partial charge in [-0.15, -0.1) is 12.4 Å². The van der Waals surface area contributed by atoms with Crippen LogP contribution in [0.4, 0.5) is 0 Å². The van der Waals surface area contributed by atoms with Gasteiger partial charge >= 0.3 is 0 Å². The second kappa shape index (κ2) is 11.3. The molecule has 0 spiro atoms. The first-order valence-corrected chi connectivity index (χ1v) is 9.05. The summed E-state index contributed by atoms with van der Waals surface area (Å²) in [6.45, 7) is 0.936. The first-order chi connectivity index (χ1) is 13.3. The van der Waals surface area contributed by atoms with E-state index in [2.05, 4.69) is 5.32 Å². The molecule has 0 bridgehead atoms. The molecule has 3 aromatic rings. The number of ether oxygens (including phenoxy) is 2. The Kier molecular flexibility index (Phi) is 8.82. The summed E-state index contributed by atoms with van der Waals surface area (Å²) in [5.41, 5.74) is 3.14. The van der Waals surface area contributed by atoms with Gasteiger partial charge in [0.25, 0.3) is 0 Å². The van der Waals surface area contributed by atoms with Crippen LogP contribution >= 0.6 is 12.4 Å². The summed E-state index contributed by atoms with van der Waals surface area (Å²) in [7, 11) is 1.82. The molecule has 0 heterocycles. The maximum Gasteiger partial charge on any atom is 0.162 e. The molecule has 4 nitrogen and oxygen atoms in total. The molecule has 1 atom stereocenters. The minimum atomic E-state index is -0.146. The Balaban J connectivity index is 0.00000280. The van der Waals surface area contributed by atoms with Gasteiger partial charge in [0, 0.05) is 0 Å². The molecular weight excluding hydrogens is 374 g/mol. The zero-order valence-corrected chi connectivity index (χ0v) is 16.7. The summed E-state index contributed by atoms with van der Waals surface area (Å²) in [4.78, 5) is 0. The fourth-order valence-electron chi connectivity index (χ4n) is 2.81. The van der Waals surface area contributed by atoms with Gasteiger partial charge in [0.1, 0.15) is 13.2 Å². The predicted molar refractivity (Wildman–Crippen MR) is 114 cm³/mol. The van der Waals surface area contributed by atoms with Crippen molar-refractivity contribution in [3.8, 4) is 11.5 Å². The van der Waals surface area contributed by atoms with E-state index in [1.54, 1.807) is 0 Å². The minimum absolute atomic E-state index is 0. The van der Waals surface area contributed by atoms with Gasteiger partial charge in [-0.25, -0.2) is 0 Å². The Morgan fingerprint density at radius 2 is 1.32 bits per heavy atom. The first kappa shape index (κ1) is 21.8. The van der Waals surface area contributed by atoms with E-state index in [9.17, 15) is 5.11 Å². The number of aliphatic hydroxyl groups excluding tert-OH is 1. The van der Waals surface area contributed by atoms with Gasteiger partial charge in [-0.1, -0.05) is 66.7 Å². The van der Waals surface area contributed by atoms with Crippen molar-refractivity contribution in [3.63, 3.8) is 0 Å². The largest absolute Gasteiger partial charge is 0.485 e. The van der Waals surface area contributed by atoms with Crippen molar-refractivity contribution in [3.05, 3.63) is 95.6 Å². The van der Waals surface area contributed by atoms with Crippen molar-refractivity contribution < 1.29 is 14.6 Å². The molecule has 148 valence electrons. The quantitative estimate of drug-likeness (QED) is 0.555. The second-order valence-corrected chi connectivity index (χ2v) is 6.28. The molecule has 0 fully saturated rings. The number of aliphatic hydroxyl groups is 1. The normalized spacial score (nSPS) is 11.4. The maximum atomic E-state index is 9.57. The molecule has 5 heteroatoms. The third kappa shape index (κ3) is 5.99. The highest BCUT2D eigenvalue weighted by molar-refractivity contribution is 5.85. The lowest BCUT2D eigenvalue weighted by Gasteiger charge is -2.18. The van der Waals surface area contributed by atoms with Gasteiger partial charge in [-0.3, -0.25) is 0 Å². The van der Waals surface area contributed by atoms with Crippen LogP contribution in [0, 0.1) is 0 Å². The van der Waals surface area contributed by atoms with E-state index in [4.69, 9.17) is 9.47 Å². The highest BCUT2D eigenvalue weighted by Gasteiger charge is 2.13. The zero-order chi connectivity index (χ0) is 18.9. The monoisotopic (exact) mass is 399 g/mol. The summed E-state index contributed by atoms with van der Waals surface area (Å²) in [6, 6.07) is 25.7. The number of nitrogens with one attached hydrogen (secondary N) is 1. The fourth-order valence-corrected chi connectivity index (χ4v) is 2.81. The van der Waals surface area contributed by atoms with Crippen LogP contribution < -0.4 is 14.8 Å². The van der Waals surface area contributed by atoms with Crippen LogP contribution in [0.5, 0.6) is 11.5 Å². The maximum absolute atomic E-state index is 9.57. The van der Waals surface area contributed by atoms with Gasteiger partial charge in [-0.05, 0) is 35.9 Å². The van der Waals surface area contributed by atoms with Crippen molar-refractivity contribution >= 4 is 12.4 Å². The Bertz CT molecular complexity index is 824. The molecule has 3 aromatic carbocycles. The van der Waals surface area contributed by atoms with E-state index in [-0.39, 0.29) is 25.1 Å². The lowest BCUT2D eigenvalue weighted by molar-refractivity contribution is 0.245. The molecule has 0 amide bonds. The third-order valence-corrected chi connectivity index (χ3v) is 4.38. The van der Waals surface area contributed by atoms with E-state index in [0.29, 0.717) is 24.7 Å². The third-order valence-electron chi connectivity index (χ3n) is 4.38. The molecule has 0 saturated carbocycles. The highest BCUT2D eigenvalue weighted by Crippen LogP contribution is 2.32. The molecular formula is C23H26ClNO3. The van der Waals surface area contributed by atoms with Crippen LogP contribution in [0.2, 0.25) is 0 Å². The summed E-state index contributed by atoms with van der Waals surface area (Å²) in [6.07, 6.45) is 0. The zero-order valence-electron chi connectivity index (χ0n) is 15.9.